The van der Waals surface area contributed by atoms with Gasteiger partial charge in [0, 0.05) is 24.2 Å². The number of halogens is 1. The Morgan fingerprint density at radius 2 is 1.85 bits per heavy atom. The lowest BCUT2D eigenvalue weighted by atomic mass is 10.1. The molecule has 0 fully saturated rings. The highest BCUT2D eigenvalue weighted by Gasteiger charge is 2.19. The summed E-state index contributed by atoms with van der Waals surface area (Å²) in [5.74, 6) is 0.511. The molecule has 27 heavy (non-hydrogen) atoms. The minimum Gasteiger partial charge on any atom is -0.449 e. The van der Waals surface area contributed by atoms with Gasteiger partial charge in [0.25, 0.3) is 0 Å². The van der Waals surface area contributed by atoms with Crippen molar-refractivity contribution in [3.63, 3.8) is 0 Å². The molecular formula is C20H20FN3O3. The van der Waals surface area contributed by atoms with Crippen molar-refractivity contribution in [2.45, 2.75) is 26.8 Å². The zero-order valence-electron chi connectivity index (χ0n) is 15.3. The quantitative estimate of drug-likeness (QED) is 0.518. The van der Waals surface area contributed by atoms with Gasteiger partial charge in [-0.1, -0.05) is 0 Å². The van der Waals surface area contributed by atoms with E-state index in [2.05, 4.69) is 4.90 Å². The fraction of sp³-hybridized carbons (Fsp3) is 0.250. The van der Waals surface area contributed by atoms with Gasteiger partial charge in [-0.2, -0.15) is 0 Å². The molecule has 3 aromatic rings. The van der Waals surface area contributed by atoms with Gasteiger partial charge in [0.15, 0.2) is 5.82 Å². The number of carbonyl (C=O) groups is 1. The van der Waals surface area contributed by atoms with Crippen molar-refractivity contribution in [1.29, 1.82) is 0 Å². The van der Waals surface area contributed by atoms with Crippen LogP contribution in [-0.2, 0) is 0 Å². The van der Waals surface area contributed by atoms with Crippen molar-refractivity contribution in [3.8, 4) is 17.0 Å². The molecule has 0 radical (unpaired) electrons. The first-order chi connectivity index (χ1) is 12.9. The molecular weight excluding hydrogens is 349 g/mol. The van der Waals surface area contributed by atoms with Crippen molar-refractivity contribution >= 4 is 23.0 Å². The van der Waals surface area contributed by atoms with Gasteiger partial charge in [0.1, 0.15) is 17.3 Å². The van der Waals surface area contributed by atoms with Gasteiger partial charge in [-0.15, -0.1) is 0 Å². The van der Waals surface area contributed by atoms with E-state index in [1.807, 2.05) is 20.8 Å². The SMILES string of the molecule is CCN(c1nc2cc(OC(=O)O)ccc2nc1-c1ccc(F)cc1)C(C)C. The van der Waals surface area contributed by atoms with Crippen LogP contribution >= 0.6 is 0 Å². The summed E-state index contributed by atoms with van der Waals surface area (Å²) in [5, 5.41) is 8.81. The predicted molar refractivity (Wildman–Crippen MR) is 102 cm³/mol. The van der Waals surface area contributed by atoms with E-state index >= 15 is 0 Å². The number of benzene rings is 2. The second-order valence-electron chi connectivity index (χ2n) is 6.30. The van der Waals surface area contributed by atoms with E-state index in [1.165, 1.54) is 18.2 Å². The zero-order chi connectivity index (χ0) is 19.6. The van der Waals surface area contributed by atoms with E-state index in [-0.39, 0.29) is 17.6 Å². The van der Waals surface area contributed by atoms with Crippen LogP contribution in [0.1, 0.15) is 20.8 Å². The Labute approximate surface area is 156 Å². The predicted octanol–water partition coefficient (Wildman–Crippen LogP) is 4.73. The minimum absolute atomic E-state index is 0.166. The summed E-state index contributed by atoms with van der Waals surface area (Å²) in [7, 11) is 0. The Kier molecular flexibility index (Phi) is 5.21. The number of ether oxygens (including phenoxy) is 1. The Morgan fingerprint density at radius 3 is 2.44 bits per heavy atom. The molecule has 3 rings (SSSR count). The van der Waals surface area contributed by atoms with E-state index < -0.39 is 6.16 Å². The Balaban J connectivity index is 2.22. The zero-order valence-corrected chi connectivity index (χ0v) is 15.3. The smallest absolute Gasteiger partial charge is 0.449 e. The first kappa shape index (κ1) is 18.6. The van der Waals surface area contributed by atoms with Gasteiger partial charge >= 0.3 is 6.16 Å². The van der Waals surface area contributed by atoms with E-state index in [0.717, 1.165) is 5.56 Å². The van der Waals surface area contributed by atoms with E-state index in [9.17, 15) is 9.18 Å². The van der Waals surface area contributed by atoms with Crippen LogP contribution in [0.2, 0.25) is 0 Å². The summed E-state index contributed by atoms with van der Waals surface area (Å²) in [4.78, 5) is 22.3. The van der Waals surface area contributed by atoms with Crippen molar-refractivity contribution in [1.82, 2.24) is 9.97 Å². The Hall–Kier alpha value is -3.22. The molecule has 0 saturated heterocycles. The number of hydrogen-bond acceptors (Lipinski definition) is 5. The van der Waals surface area contributed by atoms with Crippen LogP contribution in [-0.4, -0.2) is 33.8 Å². The maximum absolute atomic E-state index is 13.3. The molecule has 1 N–H and O–H groups in total. The molecule has 0 aliphatic heterocycles. The van der Waals surface area contributed by atoms with Crippen LogP contribution in [0.3, 0.4) is 0 Å². The molecule has 0 bridgehead atoms. The van der Waals surface area contributed by atoms with Gasteiger partial charge in [-0.3, -0.25) is 0 Å². The first-order valence-electron chi connectivity index (χ1n) is 8.64. The molecule has 0 spiro atoms. The summed E-state index contributed by atoms with van der Waals surface area (Å²) >= 11 is 0. The van der Waals surface area contributed by atoms with Gasteiger partial charge in [0.05, 0.1) is 11.0 Å². The molecule has 1 aromatic heterocycles. The summed E-state index contributed by atoms with van der Waals surface area (Å²) in [5.41, 5.74) is 2.51. The minimum atomic E-state index is -1.39. The second kappa shape index (κ2) is 7.57. The van der Waals surface area contributed by atoms with Crippen molar-refractivity contribution in [2.75, 3.05) is 11.4 Å². The van der Waals surface area contributed by atoms with Crippen molar-refractivity contribution in [3.05, 3.63) is 48.3 Å². The fourth-order valence-corrected chi connectivity index (χ4v) is 2.95. The molecule has 7 heteroatoms. The number of carboxylic acid groups (broad SMARTS) is 1. The van der Waals surface area contributed by atoms with Gasteiger partial charge in [-0.25, -0.2) is 19.2 Å². The maximum atomic E-state index is 13.3. The number of anilines is 1. The second-order valence-corrected chi connectivity index (χ2v) is 6.30. The third kappa shape index (κ3) is 3.97. The monoisotopic (exact) mass is 369 g/mol. The lowest BCUT2D eigenvalue weighted by Crippen LogP contribution is -2.31. The number of hydrogen-bond donors (Lipinski definition) is 1. The largest absolute Gasteiger partial charge is 0.511 e. The fourth-order valence-electron chi connectivity index (χ4n) is 2.95. The lowest BCUT2D eigenvalue weighted by molar-refractivity contribution is 0.144. The summed E-state index contributed by atoms with van der Waals surface area (Å²) in [6.45, 7) is 6.82. The number of nitrogens with zero attached hydrogens (tertiary/aromatic N) is 3. The Bertz CT molecular complexity index is 974. The molecule has 0 aliphatic rings. The molecule has 0 amide bonds. The molecule has 2 aromatic carbocycles. The van der Waals surface area contributed by atoms with Crippen LogP contribution in [0.4, 0.5) is 15.0 Å². The van der Waals surface area contributed by atoms with Crippen LogP contribution < -0.4 is 9.64 Å². The summed E-state index contributed by atoms with van der Waals surface area (Å²) in [6.07, 6.45) is -1.39. The first-order valence-corrected chi connectivity index (χ1v) is 8.64. The van der Waals surface area contributed by atoms with Gasteiger partial charge < -0.3 is 14.7 Å². The van der Waals surface area contributed by atoms with Crippen LogP contribution in [0, 0.1) is 5.82 Å². The summed E-state index contributed by atoms with van der Waals surface area (Å²) in [6, 6.07) is 11.0. The average molecular weight is 369 g/mol. The van der Waals surface area contributed by atoms with Crippen LogP contribution in [0.5, 0.6) is 5.75 Å². The standard InChI is InChI=1S/C20H20FN3O3/c1-4-24(12(2)3)19-18(13-5-7-14(21)8-6-13)22-16-10-9-15(27-20(25)26)11-17(16)23-19/h5-12H,4H2,1-3H3,(H,25,26). The van der Waals surface area contributed by atoms with Crippen molar-refractivity contribution < 1.29 is 19.0 Å². The third-order valence-corrected chi connectivity index (χ3v) is 4.18. The molecule has 0 unspecified atom stereocenters. The van der Waals surface area contributed by atoms with Crippen LogP contribution in [0.15, 0.2) is 42.5 Å². The van der Waals surface area contributed by atoms with Crippen LogP contribution in [0.25, 0.3) is 22.3 Å². The van der Waals surface area contributed by atoms with Gasteiger partial charge in [-0.05, 0) is 57.2 Å². The van der Waals surface area contributed by atoms with E-state index in [0.29, 0.717) is 29.1 Å². The highest BCUT2D eigenvalue weighted by molar-refractivity contribution is 5.85. The maximum Gasteiger partial charge on any atom is 0.511 e. The highest BCUT2D eigenvalue weighted by atomic mass is 19.1. The van der Waals surface area contributed by atoms with E-state index in [4.69, 9.17) is 19.8 Å². The average Bonchev–Trinajstić information content (AvgIpc) is 2.61. The third-order valence-electron chi connectivity index (χ3n) is 4.18. The normalized spacial score (nSPS) is 11.0. The van der Waals surface area contributed by atoms with Crippen molar-refractivity contribution in [2.24, 2.45) is 0 Å². The molecule has 140 valence electrons. The molecule has 1 heterocycles. The number of rotatable bonds is 5. The summed E-state index contributed by atoms with van der Waals surface area (Å²) < 4.78 is 18.1. The molecule has 6 nitrogen and oxygen atoms in total. The number of aromatic nitrogens is 2. The topological polar surface area (TPSA) is 75.6 Å². The highest BCUT2D eigenvalue weighted by Crippen LogP contribution is 2.32. The van der Waals surface area contributed by atoms with Gasteiger partial charge in [0.2, 0.25) is 0 Å². The van der Waals surface area contributed by atoms with E-state index in [1.54, 1.807) is 24.3 Å². The molecule has 0 saturated carbocycles. The molecule has 0 aliphatic carbocycles. The Morgan fingerprint density at radius 1 is 1.15 bits per heavy atom. The molecule has 0 atom stereocenters. The number of fused-ring (bicyclic) bond motifs is 1. The lowest BCUT2D eigenvalue weighted by Gasteiger charge is -2.28.